The Bertz CT molecular complexity index is 1080. The number of Topliss-reactive ketones (excluding diaryl/α,β-unsaturated/α-hetero) is 1. The van der Waals surface area contributed by atoms with Crippen LogP contribution in [0.3, 0.4) is 0 Å². The van der Waals surface area contributed by atoms with E-state index in [0.29, 0.717) is 41.8 Å². The number of carbonyl (C=O) groups excluding carboxylic acids is 2. The summed E-state index contributed by atoms with van der Waals surface area (Å²) in [7, 11) is -2.12. The summed E-state index contributed by atoms with van der Waals surface area (Å²) in [4.78, 5) is 24.3. The van der Waals surface area contributed by atoms with Crippen LogP contribution in [0.4, 0.5) is 0 Å². The van der Waals surface area contributed by atoms with Gasteiger partial charge < -0.3 is 9.47 Å². The van der Waals surface area contributed by atoms with Crippen molar-refractivity contribution in [1.82, 2.24) is 4.31 Å². The first-order valence-electron chi connectivity index (χ1n) is 10.6. The van der Waals surface area contributed by atoms with Gasteiger partial charge in [-0.2, -0.15) is 4.31 Å². The van der Waals surface area contributed by atoms with Crippen molar-refractivity contribution >= 4 is 21.8 Å². The Kier molecular flexibility index (Phi) is 7.36. The second kappa shape index (κ2) is 9.83. The molecule has 0 saturated carbocycles. The molecule has 8 heteroatoms. The molecule has 1 saturated heterocycles. The number of sulfonamides is 1. The van der Waals surface area contributed by atoms with Gasteiger partial charge in [-0.05, 0) is 67.6 Å². The van der Waals surface area contributed by atoms with E-state index in [1.54, 1.807) is 18.2 Å². The van der Waals surface area contributed by atoms with Crippen molar-refractivity contribution in [3.63, 3.8) is 0 Å². The van der Waals surface area contributed by atoms with Crippen LogP contribution in [0, 0.1) is 11.8 Å². The summed E-state index contributed by atoms with van der Waals surface area (Å²) in [6.07, 6.45) is 1.01. The van der Waals surface area contributed by atoms with Gasteiger partial charge in [-0.15, -0.1) is 0 Å². The highest BCUT2D eigenvalue weighted by Crippen LogP contribution is 2.27. The zero-order valence-corrected chi connectivity index (χ0v) is 19.6. The van der Waals surface area contributed by atoms with Gasteiger partial charge in [0.05, 0.1) is 17.6 Å². The van der Waals surface area contributed by atoms with E-state index in [1.165, 1.54) is 42.6 Å². The molecule has 7 nitrogen and oxygen atoms in total. The summed E-state index contributed by atoms with van der Waals surface area (Å²) < 4.78 is 38.2. The number of benzene rings is 2. The fourth-order valence-corrected chi connectivity index (χ4v) is 5.73. The molecule has 2 atom stereocenters. The highest BCUT2D eigenvalue weighted by Gasteiger charge is 2.31. The average molecular weight is 460 g/mol. The molecule has 0 bridgehead atoms. The van der Waals surface area contributed by atoms with Crippen molar-refractivity contribution in [2.45, 2.75) is 38.7 Å². The number of hydrogen-bond acceptors (Lipinski definition) is 6. The van der Waals surface area contributed by atoms with Gasteiger partial charge in [0.15, 0.2) is 5.78 Å². The summed E-state index contributed by atoms with van der Waals surface area (Å²) in [6, 6.07) is 10.7. The maximum absolute atomic E-state index is 13.0. The van der Waals surface area contributed by atoms with Crippen LogP contribution in [0.25, 0.3) is 0 Å². The van der Waals surface area contributed by atoms with Gasteiger partial charge in [0.25, 0.3) is 0 Å². The number of nitrogens with zero attached hydrogens (tertiary/aromatic N) is 1. The summed E-state index contributed by atoms with van der Waals surface area (Å²) in [5.41, 5.74) is 1.31. The molecule has 172 valence electrons. The van der Waals surface area contributed by atoms with Crippen molar-refractivity contribution in [2.24, 2.45) is 11.8 Å². The van der Waals surface area contributed by atoms with Crippen LogP contribution in [0.1, 0.15) is 53.5 Å². The first-order valence-corrected chi connectivity index (χ1v) is 12.0. The monoisotopic (exact) mass is 459 g/mol. The highest BCUT2D eigenvalue weighted by molar-refractivity contribution is 7.89. The Morgan fingerprint density at radius 2 is 1.59 bits per heavy atom. The molecule has 0 N–H and O–H groups in total. The van der Waals surface area contributed by atoms with Gasteiger partial charge in [0.1, 0.15) is 12.4 Å². The van der Waals surface area contributed by atoms with Gasteiger partial charge >= 0.3 is 5.97 Å². The zero-order chi connectivity index (χ0) is 23.5. The van der Waals surface area contributed by atoms with Crippen molar-refractivity contribution in [2.75, 3.05) is 20.2 Å². The predicted molar refractivity (Wildman–Crippen MR) is 120 cm³/mol. The molecule has 0 aliphatic carbocycles. The fourth-order valence-electron chi connectivity index (χ4n) is 4.05. The molecular weight excluding hydrogens is 430 g/mol. The van der Waals surface area contributed by atoms with Crippen LogP contribution in [0.2, 0.25) is 0 Å². The molecular formula is C24H29NO6S. The normalized spacial score (nSPS) is 19.4. The average Bonchev–Trinajstić information content (AvgIpc) is 2.76. The van der Waals surface area contributed by atoms with Gasteiger partial charge in [-0.3, -0.25) is 4.79 Å². The maximum atomic E-state index is 13.0. The van der Waals surface area contributed by atoms with Gasteiger partial charge in [-0.25, -0.2) is 13.2 Å². The Morgan fingerprint density at radius 3 is 2.16 bits per heavy atom. The molecule has 0 spiro atoms. The van der Waals surface area contributed by atoms with Crippen molar-refractivity contribution < 1.29 is 27.5 Å². The molecule has 3 rings (SSSR count). The topological polar surface area (TPSA) is 90.0 Å². The molecule has 2 aromatic rings. The number of ketones is 1. The van der Waals surface area contributed by atoms with Crippen LogP contribution in [-0.2, 0) is 21.4 Å². The molecule has 32 heavy (non-hydrogen) atoms. The van der Waals surface area contributed by atoms with E-state index in [1.807, 2.05) is 0 Å². The third-order valence-electron chi connectivity index (χ3n) is 5.61. The van der Waals surface area contributed by atoms with E-state index >= 15 is 0 Å². The van der Waals surface area contributed by atoms with E-state index in [4.69, 9.17) is 9.47 Å². The molecule has 2 unspecified atom stereocenters. The van der Waals surface area contributed by atoms with Crippen molar-refractivity contribution in [3.05, 3.63) is 59.2 Å². The first-order chi connectivity index (χ1) is 15.1. The van der Waals surface area contributed by atoms with Gasteiger partial charge in [-0.1, -0.05) is 13.8 Å². The Balaban J connectivity index is 1.71. The molecule has 1 fully saturated rings. The molecule has 0 amide bonds. The molecule has 1 aliphatic rings. The van der Waals surface area contributed by atoms with E-state index in [-0.39, 0.29) is 22.8 Å². The van der Waals surface area contributed by atoms with E-state index < -0.39 is 16.0 Å². The standard InChI is InChI=1S/C24H29NO6S/c1-16-11-17(2)14-25(13-16)32(28,29)22-8-5-19(6-9-22)24(27)31-15-21-12-20(18(3)26)7-10-23(21)30-4/h5-10,12,16-17H,11,13-15H2,1-4H3. The first kappa shape index (κ1) is 23.9. The lowest BCUT2D eigenvalue weighted by molar-refractivity contribution is 0.0470. The summed E-state index contributed by atoms with van der Waals surface area (Å²) in [6.45, 7) is 6.48. The zero-order valence-electron chi connectivity index (χ0n) is 18.8. The Hall–Kier alpha value is -2.71. The minimum Gasteiger partial charge on any atom is -0.496 e. The second-order valence-corrected chi connectivity index (χ2v) is 10.4. The van der Waals surface area contributed by atoms with E-state index in [2.05, 4.69) is 13.8 Å². The summed E-state index contributed by atoms with van der Waals surface area (Å²) >= 11 is 0. The summed E-state index contributed by atoms with van der Waals surface area (Å²) in [5, 5.41) is 0. The van der Waals surface area contributed by atoms with E-state index in [9.17, 15) is 18.0 Å². The lowest BCUT2D eigenvalue weighted by Crippen LogP contribution is -2.42. The Morgan fingerprint density at radius 1 is 1.00 bits per heavy atom. The second-order valence-electron chi connectivity index (χ2n) is 8.45. The third-order valence-corrected chi connectivity index (χ3v) is 7.45. The van der Waals surface area contributed by atoms with Crippen LogP contribution in [-0.4, -0.2) is 44.7 Å². The number of methoxy groups -OCH3 is 1. The number of esters is 1. The SMILES string of the molecule is COc1ccc(C(C)=O)cc1COC(=O)c1ccc(S(=O)(=O)N2CC(C)CC(C)C2)cc1. The van der Waals surface area contributed by atoms with Crippen LogP contribution >= 0.6 is 0 Å². The third kappa shape index (κ3) is 5.37. The van der Waals surface area contributed by atoms with Gasteiger partial charge in [0, 0.05) is 24.2 Å². The number of ether oxygens (including phenoxy) is 2. The number of rotatable bonds is 7. The fraction of sp³-hybridized carbons (Fsp3) is 0.417. The highest BCUT2D eigenvalue weighted by atomic mass is 32.2. The minimum atomic E-state index is -3.61. The Labute approximate surface area is 189 Å². The molecule has 0 radical (unpaired) electrons. The lowest BCUT2D eigenvalue weighted by atomic mass is 9.94. The molecule has 2 aromatic carbocycles. The summed E-state index contributed by atoms with van der Waals surface area (Å²) in [5.74, 6) is 0.427. The predicted octanol–water partition coefficient (Wildman–Crippen LogP) is 3.92. The van der Waals surface area contributed by atoms with Crippen LogP contribution in [0.5, 0.6) is 5.75 Å². The maximum Gasteiger partial charge on any atom is 0.338 e. The molecule has 1 aliphatic heterocycles. The molecule has 1 heterocycles. The van der Waals surface area contributed by atoms with Crippen LogP contribution in [0.15, 0.2) is 47.4 Å². The van der Waals surface area contributed by atoms with Gasteiger partial charge in [0.2, 0.25) is 10.0 Å². The number of piperidine rings is 1. The minimum absolute atomic E-state index is 0.0767. The van der Waals surface area contributed by atoms with Crippen molar-refractivity contribution in [1.29, 1.82) is 0 Å². The quantitative estimate of drug-likeness (QED) is 0.460. The van der Waals surface area contributed by atoms with E-state index in [0.717, 1.165) is 6.42 Å². The number of carbonyl (C=O) groups is 2. The largest absolute Gasteiger partial charge is 0.496 e. The lowest BCUT2D eigenvalue weighted by Gasteiger charge is -2.34. The van der Waals surface area contributed by atoms with Crippen molar-refractivity contribution in [3.8, 4) is 5.75 Å². The smallest absolute Gasteiger partial charge is 0.338 e. The van der Waals surface area contributed by atoms with Crippen LogP contribution < -0.4 is 4.74 Å². The molecule has 0 aromatic heterocycles. The number of hydrogen-bond donors (Lipinski definition) is 0.